The molecule has 1 aliphatic rings. The molecule has 2 aromatic heterocycles. The predicted octanol–water partition coefficient (Wildman–Crippen LogP) is 4.49. The van der Waals surface area contributed by atoms with Crippen LogP contribution >= 0.6 is 0 Å². The standard InChI is InChI=1S/C29H26N2O.Bi.2H/c1-18-25(32-5)15-14-20-19-10-7-9-13-24(19)31(27(18)20)28-26-21-11-6-8-12-22(21)29(2,3)23(26)16-17-30(28)4;;;/h6,8-17H,1-5H3;;;/q+1;;;. The number of hydrogen-bond acceptors (Lipinski definition) is 1. The molecule has 0 radical (unpaired) electrons. The van der Waals surface area contributed by atoms with Crippen LogP contribution in [0.25, 0.3) is 38.8 Å². The molecule has 0 aliphatic heterocycles. The molecule has 0 N–H and O–H groups in total. The van der Waals surface area contributed by atoms with Gasteiger partial charge in [-0.2, -0.15) is 0 Å². The molecule has 33 heavy (non-hydrogen) atoms. The van der Waals surface area contributed by atoms with Gasteiger partial charge in [0.25, 0.3) is 0 Å². The number of ether oxygens (including phenoxy) is 1. The Kier molecular flexibility index (Phi) is 4.52. The molecule has 0 spiro atoms. The molecule has 2 heterocycles. The maximum atomic E-state index is 5.76. The van der Waals surface area contributed by atoms with Crippen molar-refractivity contribution >= 4 is 49.8 Å². The van der Waals surface area contributed by atoms with Crippen LogP contribution in [0.1, 0.15) is 30.5 Å². The zero-order valence-corrected chi connectivity index (χ0v) is 24.2. The summed E-state index contributed by atoms with van der Waals surface area (Å²) >= 11 is 0.807. The Bertz CT molecular complexity index is 1610. The topological polar surface area (TPSA) is 18.0 Å². The third kappa shape index (κ3) is 2.74. The molecule has 6 rings (SSSR count). The molecule has 0 bridgehead atoms. The van der Waals surface area contributed by atoms with Crippen molar-refractivity contribution < 1.29 is 9.30 Å². The average molecular weight is 630 g/mol. The van der Waals surface area contributed by atoms with Crippen LogP contribution in [0, 0.1) is 6.92 Å². The van der Waals surface area contributed by atoms with E-state index in [2.05, 4.69) is 104 Å². The van der Waals surface area contributed by atoms with Crippen molar-refractivity contribution in [3.63, 3.8) is 0 Å². The van der Waals surface area contributed by atoms with E-state index in [4.69, 9.17) is 4.74 Å². The molecule has 0 saturated carbocycles. The van der Waals surface area contributed by atoms with Gasteiger partial charge in [-0.05, 0) is 0 Å². The third-order valence-electron chi connectivity index (χ3n) is 7.42. The van der Waals surface area contributed by atoms with Crippen LogP contribution in [0.4, 0.5) is 0 Å². The molecular formula is C29H28BiN2O+. The van der Waals surface area contributed by atoms with Gasteiger partial charge in [0.05, 0.1) is 0 Å². The molecule has 0 amide bonds. The van der Waals surface area contributed by atoms with E-state index in [1.165, 1.54) is 58.7 Å². The predicted molar refractivity (Wildman–Crippen MR) is 139 cm³/mol. The Balaban J connectivity index is 1.86. The van der Waals surface area contributed by atoms with Crippen molar-refractivity contribution in [2.24, 2.45) is 7.05 Å². The van der Waals surface area contributed by atoms with E-state index in [1.807, 2.05) is 0 Å². The van der Waals surface area contributed by atoms with Gasteiger partial charge in [-0.25, -0.2) is 0 Å². The summed E-state index contributed by atoms with van der Waals surface area (Å²) in [6, 6.07) is 22.5. The fourth-order valence-electron chi connectivity index (χ4n) is 5.80. The first kappa shape index (κ1) is 20.9. The van der Waals surface area contributed by atoms with Gasteiger partial charge in [-0.3, -0.25) is 0 Å². The molecule has 3 aromatic carbocycles. The van der Waals surface area contributed by atoms with Crippen LogP contribution in [-0.4, -0.2) is 36.4 Å². The molecule has 164 valence electrons. The molecule has 0 atom stereocenters. The van der Waals surface area contributed by atoms with Crippen molar-refractivity contribution in [1.82, 2.24) is 4.57 Å². The van der Waals surface area contributed by atoms with E-state index in [1.54, 1.807) is 7.11 Å². The summed E-state index contributed by atoms with van der Waals surface area (Å²) in [5.74, 6) is 2.14. The molecule has 1 aliphatic carbocycles. The van der Waals surface area contributed by atoms with E-state index in [-0.39, 0.29) is 5.41 Å². The normalized spacial score (nSPS) is 14.0. The van der Waals surface area contributed by atoms with Gasteiger partial charge in [0, 0.05) is 0 Å². The number of rotatable bonds is 2. The number of aryl methyl sites for hydroxylation is 2. The summed E-state index contributed by atoms with van der Waals surface area (Å²) in [6.45, 7) is 6.87. The van der Waals surface area contributed by atoms with Gasteiger partial charge >= 0.3 is 210 Å². The van der Waals surface area contributed by atoms with Gasteiger partial charge < -0.3 is 0 Å². The van der Waals surface area contributed by atoms with Crippen LogP contribution in [-0.2, 0) is 12.5 Å². The Morgan fingerprint density at radius 1 is 0.939 bits per heavy atom. The molecule has 0 unspecified atom stereocenters. The number of fused-ring (bicyclic) bond motifs is 6. The number of pyridine rings is 1. The summed E-state index contributed by atoms with van der Waals surface area (Å²) in [7, 11) is 3.93. The van der Waals surface area contributed by atoms with Crippen LogP contribution in [0.15, 0.2) is 66.9 Å². The van der Waals surface area contributed by atoms with Crippen molar-refractivity contribution in [1.29, 1.82) is 0 Å². The summed E-state index contributed by atoms with van der Waals surface area (Å²) in [6.07, 6.45) is 2.22. The number of hydrogen-bond donors (Lipinski definition) is 0. The Labute approximate surface area is 209 Å². The first-order valence-corrected chi connectivity index (χ1v) is 13.6. The second kappa shape index (κ2) is 7.14. The number of benzene rings is 3. The average Bonchev–Trinajstić information content (AvgIpc) is 3.24. The van der Waals surface area contributed by atoms with Gasteiger partial charge in [0.15, 0.2) is 0 Å². The molecule has 4 heteroatoms. The fraction of sp³-hybridized carbons (Fsp3) is 0.207. The minimum atomic E-state index is -0.0380. The van der Waals surface area contributed by atoms with E-state index in [9.17, 15) is 0 Å². The van der Waals surface area contributed by atoms with Crippen molar-refractivity contribution in [2.75, 3.05) is 7.11 Å². The molecule has 0 fully saturated rings. The van der Waals surface area contributed by atoms with Crippen molar-refractivity contribution in [3.8, 4) is 22.7 Å². The van der Waals surface area contributed by atoms with E-state index < -0.39 is 0 Å². The van der Waals surface area contributed by atoms with Crippen molar-refractivity contribution in [3.05, 3.63) is 83.6 Å². The van der Waals surface area contributed by atoms with Gasteiger partial charge in [-0.1, -0.05) is 0 Å². The van der Waals surface area contributed by atoms with Crippen molar-refractivity contribution in [2.45, 2.75) is 26.2 Å². The molecule has 3 nitrogen and oxygen atoms in total. The number of nitrogens with zero attached hydrogens (tertiary/aromatic N) is 2. The van der Waals surface area contributed by atoms with Gasteiger partial charge in [0.2, 0.25) is 0 Å². The Morgan fingerprint density at radius 3 is 2.52 bits per heavy atom. The molecular weight excluding hydrogens is 601 g/mol. The van der Waals surface area contributed by atoms with E-state index >= 15 is 0 Å². The Morgan fingerprint density at radius 2 is 1.73 bits per heavy atom. The number of aromatic nitrogens is 2. The monoisotopic (exact) mass is 629 g/mol. The second-order valence-electron chi connectivity index (χ2n) is 9.61. The van der Waals surface area contributed by atoms with E-state index in [0.717, 1.165) is 30.5 Å². The summed E-state index contributed by atoms with van der Waals surface area (Å²) in [5, 5.41) is 2.60. The zero-order valence-electron chi connectivity index (χ0n) is 19.7. The fourth-order valence-corrected chi connectivity index (χ4v) is 6.82. The van der Waals surface area contributed by atoms with Crippen LogP contribution in [0.2, 0.25) is 0 Å². The summed E-state index contributed by atoms with van der Waals surface area (Å²) in [4.78, 5) is 0. The summed E-state index contributed by atoms with van der Waals surface area (Å²) < 4.78 is 12.0. The second-order valence-corrected chi connectivity index (χ2v) is 12.2. The zero-order chi connectivity index (χ0) is 23.1. The van der Waals surface area contributed by atoms with Crippen LogP contribution < -0.4 is 12.6 Å². The van der Waals surface area contributed by atoms with E-state index in [0.29, 0.717) is 0 Å². The third-order valence-corrected chi connectivity index (χ3v) is 8.82. The number of methoxy groups -OCH3 is 1. The van der Waals surface area contributed by atoms with Crippen LogP contribution in [0.5, 0.6) is 5.75 Å². The minimum absolute atomic E-state index is 0.0380. The summed E-state index contributed by atoms with van der Waals surface area (Å²) in [5.41, 5.74) is 9.05. The molecule has 5 aromatic rings. The maximum absolute atomic E-state index is 5.76. The SMILES string of the molecule is COc1ccc2c3c[c]([BiH2])ccc3n(-c3c4c(cc[n+]3C)C(C)(C)c3ccccc3-4)c2c1C. The first-order valence-electron chi connectivity index (χ1n) is 11.3. The molecule has 0 saturated heterocycles. The van der Waals surface area contributed by atoms with Gasteiger partial charge in [0.1, 0.15) is 0 Å². The first-order chi connectivity index (χ1) is 15.8. The van der Waals surface area contributed by atoms with Crippen LogP contribution in [0.3, 0.4) is 0 Å². The van der Waals surface area contributed by atoms with Gasteiger partial charge in [-0.15, -0.1) is 0 Å². The Hall–Kier alpha value is -2.71. The quantitative estimate of drug-likeness (QED) is 0.208.